The van der Waals surface area contributed by atoms with Crippen molar-refractivity contribution in [3.8, 4) is 0 Å². The Morgan fingerprint density at radius 2 is 1.92 bits per heavy atom. The first-order chi connectivity index (χ1) is 11.3. The first-order valence-electron chi connectivity index (χ1n) is 8.07. The summed E-state index contributed by atoms with van der Waals surface area (Å²) in [4.78, 5) is 11.6. The van der Waals surface area contributed by atoms with Gasteiger partial charge in [0.25, 0.3) is 0 Å². The largest absolute Gasteiger partial charge is 0.458 e. The van der Waals surface area contributed by atoms with Gasteiger partial charge in [-0.3, -0.25) is 0 Å². The predicted molar refractivity (Wildman–Crippen MR) is 90.7 cm³/mol. The Bertz CT molecular complexity index is 660. The molecule has 24 heavy (non-hydrogen) atoms. The first kappa shape index (κ1) is 18.1. The van der Waals surface area contributed by atoms with Crippen molar-refractivity contribution in [3.05, 3.63) is 47.3 Å². The minimum atomic E-state index is -0.489. The van der Waals surface area contributed by atoms with E-state index < -0.39 is 5.60 Å². The van der Waals surface area contributed by atoms with Crippen LogP contribution in [0.2, 0.25) is 0 Å². The summed E-state index contributed by atoms with van der Waals surface area (Å²) >= 11 is 0. The van der Waals surface area contributed by atoms with Crippen molar-refractivity contribution in [3.63, 3.8) is 0 Å². The van der Waals surface area contributed by atoms with Gasteiger partial charge >= 0.3 is 5.97 Å². The highest BCUT2D eigenvalue weighted by atomic mass is 16.6. The van der Waals surface area contributed by atoms with Crippen LogP contribution < -0.4 is 0 Å². The van der Waals surface area contributed by atoms with Gasteiger partial charge in [0.2, 0.25) is 0 Å². The molecule has 1 aromatic heterocycles. The summed E-state index contributed by atoms with van der Waals surface area (Å²) in [5, 5.41) is 8.40. The lowest BCUT2D eigenvalue weighted by Gasteiger charge is -2.19. The molecule has 0 spiro atoms. The molecule has 0 aliphatic rings. The topological polar surface area (TPSA) is 66.2 Å². The smallest absolute Gasteiger partial charge is 0.332 e. The average molecular weight is 331 g/mol. The van der Waals surface area contributed by atoms with Crippen LogP contribution in [0.5, 0.6) is 0 Å². The van der Waals surface area contributed by atoms with E-state index in [0.29, 0.717) is 19.6 Å². The highest BCUT2D eigenvalue weighted by molar-refractivity contribution is 5.71. The van der Waals surface area contributed by atoms with E-state index in [-0.39, 0.29) is 12.6 Å². The van der Waals surface area contributed by atoms with Gasteiger partial charge < -0.3 is 9.47 Å². The molecule has 0 saturated carbocycles. The van der Waals surface area contributed by atoms with Gasteiger partial charge in [-0.2, -0.15) is 0 Å². The van der Waals surface area contributed by atoms with Crippen LogP contribution >= 0.6 is 0 Å². The molecule has 0 fully saturated rings. The van der Waals surface area contributed by atoms with Crippen molar-refractivity contribution >= 4 is 5.97 Å². The van der Waals surface area contributed by atoms with Crippen LogP contribution in [-0.4, -0.2) is 39.8 Å². The monoisotopic (exact) mass is 331 g/mol. The Labute approximate surface area is 142 Å². The van der Waals surface area contributed by atoms with E-state index in [1.54, 1.807) is 0 Å². The Kier molecular flexibility index (Phi) is 6.09. The number of aromatic nitrogens is 3. The maximum absolute atomic E-state index is 11.6. The molecule has 0 N–H and O–H groups in total. The molecule has 6 heteroatoms. The highest BCUT2D eigenvalue weighted by Gasteiger charge is 2.16. The van der Waals surface area contributed by atoms with Crippen LogP contribution in [0, 0.1) is 6.92 Å². The fraction of sp³-hybridized carbons (Fsp3) is 0.500. The molecule has 0 aliphatic carbocycles. The Morgan fingerprint density at radius 3 is 2.58 bits per heavy atom. The lowest BCUT2D eigenvalue weighted by atomic mass is 10.2. The Hall–Kier alpha value is -2.21. The van der Waals surface area contributed by atoms with Gasteiger partial charge in [0, 0.05) is 6.42 Å². The maximum Gasteiger partial charge on any atom is 0.332 e. The predicted octanol–water partition coefficient (Wildman–Crippen LogP) is 2.54. The van der Waals surface area contributed by atoms with E-state index in [1.807, 2.05) is 50.6 Å². The van der Waals surface area contributed by atoms with Crippen molar-refractivity contribution in [2.24, 2.45) is 0 Å². The standard InChI is InChI=1S/C18H25N3O3/c1-14-16(10-11-23-13-17(22)24-18(2,3)4)19-20-21(14)12-15-8-6-5-7-9-15/h5-9H,10-13H2,1-4H3. The molecule has 2 aromatic rings. The second kappa shape index (κ2) is 8.06. The van der Waals surface area contributed by atoms with Crippen LogP contribution in [0.25, 0.3) is 0 Å². The van der Waals surface area contributed by atoms with Crippen LogP contribution in [-0.2, 0) is 27.2 Å². The van der Waals surface area contributed by atoms with Crippen LogP contribution in [0.3, 0.4) is 0 Å². The molecule has 6 nitrogen and oxygen atoms in total. The van der Waals surface area contributed by atoms with Crippen molar-refractivity contribution in [2.75, 3.05) is 13.2 Å². The van der Waals surface area contributed by atoms with Gasteiger partial charge in [0.05, 0.1) is 24.5 Å². The number of carbonyl (C=O) groups is 1. The number of nitrogens with zero attached hydrogens (tertiary/aromatic N) is 3. The first-order valence-corrected chi connectivity index (χ1v) is 8.07. The fourth-order valence-corrected chi connectivity index (χ4v) is 2.23. The van der Waals surface area contributed by atoms with E-state index in [2.05, 4.69) is 22.4 Å². The molecule has 2 rings (SSSR count). The second-order valence-corrected chi connectivity index (χ2v) is 6.65. The molecule has 0 bridgehead atoms. The molecule has 0 atom stereocenters. The summed E-state index contributed by atoms with van der Waals surface area (Å²) in [6, 6.07) is 10.1. The molecule has 1 heterocycles. The van der Waals surface area contributed by atoms with E-state index in [9.17, 15) is 4.79 Å². The van der Waals surface area contributed by atoms with Gasteiger partial charge in [-0.15, -0.1) is 5.10 Å². The third kappa shape index (κ3) is 5.77. The number of hydrogen-bond donors (Lipinski definition) is 0. The molecule has 0 unspecified atom stereocenters. The molecule has 0 saturated heterocycles. The molecular weight excluding hydrogens is 306 g/mol. The number of hydrogen-bond acceptors (Lipinski definition) is 5. The van der Waals surface area contributed by atoms with Gasteiger partial charge in [0.1, 0.15) is 12.2 Å². The van der Waals surface area contributed by atoms with E-state index >= 15 is 0 Å². The Balaban J connectivity index is 1.79. The van der Waals surface area contributed by atoms with Crippen molar-refractivity contribution < 1.29 is 14.3 Å². The summed E-state index contributed by atoms with van der Waals surface area (Å²) in [5.74, 6) is -0.355. The molecule has 130 valence electrons. The highest BCUT2D eigenvalue weighted by Crippen LogP contribution is 2.09. The van der Waals surface area contributed by atoms with Crippen molar-refractivity contribution in [1.29, 1.82) is 0 Å². The zero-order valence-corrected chi connectivity index (χ0v) is 14.8. The lowest BCUT2D eigenvalue weighted by Crippen LogP contribution is -2.26. The maximum atomic E-state index is 11.6. The van der Waals surface area contributed by atoms with Crippen LogP contribution in [0.4, 0.5) is 0 Å². The van der Waals surface area contributed by atoms with E-state index in [0.717, 1.165) is 11.4 Å². The number of benzene rings is 1. The molecule has 0 radical (unpaired) electrons. The third-order valence-corrected chi connectivity index (χ3v) is 3.38. The third-order valence-electron chi connectivity index (χ3n) is 3.38. The summed E-state index contributed by atoms with van der Waals surface area (Å²) in [6.07, 6.45) is 0.615. The molecule has 1 aromatic carbocycles. The number of carbonyl (C=O) groups excluding carboxylic acids is 1. The van der Waals surface area contributed by atoms with E-state index in [1.165, 1.54) is 5.56 Å². The minimum Gasteiger partial charge on any atom is -0.458 e. The van der Waals surface area contributed by atoms with Gasteiger partial charge in [-0.25, -0.2) is 9.48 Å². The number of rotatable bonds is 7. The number of esters is 1. The van der Waals surface area contributed by atoms with Crippen LogP contribution in [0.1, 0.15) is 37.7 Å². The average Bonchev–Trinajstić information content (AvgIpc) is 2.84. The zero-order valence-electron chi connectivity index (χ0n) is 14.8. The lowest BCUT2D eigenvalue weighted by molar-refractivity contribution is -0.160. The fourth-order valence-electron chi connectivity index (χ4n) is 2.23. The Morgan fingerprint density at radius 1 is 1.21 bits per heavy atom. The van der Waals surface area contributed by atoms with Crippen molar-refractivity contribution in [1.82, 2.24) is 15.0 Å². The summed E-state index contributed by atoms with van der Waals surface area (Å²) in [7, 11) is 0. The summed E-state index contributed by atoms with van der Waals surface area (Å²) < 4.78 is 12.4. The molecule has 0 aliphatic heterocycles. The van der Waals surface area contributed by atoms with Crippen LogP contribution in [0.15, 0.2) is 30.3 Å². The SMILES string of the molecule is Cc1c(CCOCC(=O)OC(C)(C)C)nnn1Cc1ccccc1. The van der Waals surface area contributed by atoms with Gasteiger partial charge in [-0.05, 0) is 33.3 Å². The summed E-state index contributed by atoms with van der Waals surface area (Å²) in [6.45, 7) is 8.54. The molecular formula is C18H25N3O3. The number of ether oxygens (including phenoxy) is 2. The summed E-state index contributed by atoms with van der Waals surface area (Å²) in [5.41, 5.74) is 2.59. The quantitative estimate of drug-likeness (QED) is 0.576. The van der Waals surface area contributed by atoms with E-state index in [4.69, 9.17) is 9.47 Å². The van der Waals surface area contributed by atoms with Crippen molar-refractivity contribution in [2.45, 2.75) is 46.3 Å². The van der Waals surface area contributed by atoms with Gasteiger partial charge in [0.15, 0.2) is 0 Å². The normalized spacial score (nSPS) is 11.5. The van der Waals surface area contributed by atoms with Gasteiger partial charge in [-0.1, -0.05) is 35.5 Å². The minimum absolute atomic E-state index is 0.0472. The zero-order chi connectivity index (χ0) is 17.6. The second-order valence-electron chi connectivity index (χ2n) is 6.65. The molecule has 0 amide bonds.